The summed E-state index contributed by atoms with van der Waals surface area (Å²) in [6.45, 7) is 5.81. The van der Waals surface area contributed by atoms with E-state index in [2.05, 4.69) is 10.1 Å². The first-order valence-corrected chi connectivity index (χ1v) is 6.03. The van der Waals surface area contributed by atoms with E-state index in [1.54, 1.807) is 27.7 Å². The number of alkyl halides is 3. The molecule has 0 aromatic carbocycles. The Kier molecular flexibility index (Phi) is 6.28. The van der Waals surface area contributed by atoms with Crippen LogP contribution in [0.2, 0.25) is 0 Å². The number of halogens is 3. The first-order valence-electron chi connectivity index (χ1n) is 6.03. The zero-order chi connectivity index (χ0) is 15.3. The van der Waals surface area contributed by atoms with Gasteiger partial charge in [0.1, 0.15) is 6.61 Å². The van der Waals surface area contributed by atoms with Gasteiger partial charge in [-0.1, -0.05) is 0 Å². The zero-order valence-electron chi connectivity index (χ0n) is 11.7. The Hall–Kier alpha value is -0.820. The highest BCUT2D eigenvalue weighted by Crippen LogP contribution is 2.30. The van der Waals surface area contributed by atoms with Crippen molar-refractivity contribution in [3.05, 3.63) is 0 Å². The average Bonchev–Trinajstić information content (AvgIpc) is 2.21. The molecule has 0 aliphatic rings. The highest BCUT2D eigenvalue weighted by molar-refractivity contribution is 5.75. The summed E-state index contributed by atoms with van der Waals surface area (Å²) in [4.78, 5) is 11.1. The molecule has 2 N–H and O–H groups in total. The molecule has 0 bridgehead atoms. The summed E-state index contributed by atoms with van der Waals surface area (Å²) in [5, 5.41) is 12.2. The monoisotopic (exact) mass is 285 g/mol. The number of aliphatic carboxylic acids is 1. The molecule has 0 unspecified atom stereocenters. The lowest BCUT2D eigenvalue weighted by molar-refractivity contribution is -0.174. The van der Waals surface area contributed by atoms with Gasteiger partial charge >= 0.3 is 12.1 Å². The lowest BCUT2D eigenvalue weighted by Gasteiger charge is -2.39. The number of carboxylic acids is 1. The molecule has 0 rings (SSSR count). The first kappa shape index (κ1) is 18.2. The van der Waals surface area contributed by atoms with Crippen molar-refractivity contribution < 1.29 is 27.8 Å². The molecule has 114 valence electrons. The molecule has 0 fully saturated rings. The van der Waals surface area contributed by atoms with Crippen LogP contribution in [0.1, 0.15) is 34.1 Å². The maximum Gasteiger partial charge on any atom is 0.411 e. The smallest absolute Gasteiger partial charge is 0.411 e. The van der Waals surface area contributed by atoms with E-state index in [4.69, 9.17) is 5.11 Å². The van der Waals surface area contributed by atoms with Crippen LogP contribution in [0.5, 0.6) is 0 Å². The third-order valence-corrected chi connectivity index (χ3v) is 3.40. The van der Waals surface area contributed by atoms with E-state index >= 15 is 0 Å². The summed E-state index contributed by atoms with van der Waals surface area (Å²) in [6, 6.07) is 0. The van der Waals surface area contributed by atoms with E-state index in [9.17, 15) is 18.0 Å². The molecule has 0 saturated heterocycles. The Balaban J connectivity index is 3.98. The minimum atomic E-state index is -4.31. The van der Waals surface area contributed by atoms with Crippen LogP contribution in [-0.4, -0.2) is 42.5 Å². The standard InChI is InChI=1S/C12H22F3NO3/c1-10(2,9(17)18)11(3,4)16-6-5-7-19-8-12(13,14)15/h16H,5-8H2,1-4H3,(H,17,18). The number of nitrogens with one attached hydrogen (secondary N) is 1. The molecular formula is C12H22F3NO3. The van der Waals surface area contributed by atoms with Crippen molar-refractivity contribution in [3.8, 4) is 0 Å². The normalized spacial score (nSPS) is 13.6. The van der Waals surface area contributed by atoms with Gasteiger partial charge in [0, 0.05) is 12.1 Å². The van der Waals surface area contributed by atoms with Crippen molar-refractivity contribution in [3.63, 3.8) is 0 Å². The van der Waals surface area contributed by atoms with Gasteiger partial charge in [-0.2, -0.15) is 13.2 Å². The van der Waals surface area contributed by atoms with E-state index in [1.165, 1.54) is 0 Å². The van der Waals surface area contributed by atoms with E-state index in [1.807, 2.05) is 0 Å². The quantitative estimate of drug-likeness (QED) is 0.672. The molecule has 0 amide bonds. The van der Waals surface area contributed by atoms with Gasteiger partial charge in [-0.25, -0.2) is 0 Å². The molecule has 0 aliphatic carbocycles. The Morgan fingerprint density at radius 3 is 2.16 bits per heavy atom. The summed E-state index contributed by atoms with van der Waals surface area (Å²) in [7, 11) is 0. The van der Waals surface area contributed by atoms with Gasteiger partial charge in [-0.3, -0.25) is 4.79 Å². The molecule has 0 aromatic heterocycles. The van der Waals surface area contributed by atoms with E-state index < -0.39 is 29.7 Å². The molecule has 4 nitrogen and oxygen atoms in total. The fourth-order valence-corrected chi connectivity index (χ4v) is 1.25. The topological polar surface area (TPSA) is 58.6 Å². The zero-order valence-corrected chi connectivity index (χ0v) is 11.7. The maximum absolute atomic E-state index is 11.8. The van der Waals surface area contributed by atoms with Crippen molar-refractivity contribution >= 4 is 5.97 Å². The summed E-state index contributed by atoms with van der Waals surface area (Å²) in [6.07, 6.45) is -3.92. The van der Waals surface area contributed by atoms with Crippen molar-refractivity contribution in [1.29, 1.82) is 0 Å². The second-order valence-electron chi connectivity index (χ2n) is 5.50. The van der Waals surface area contributed by atoms with Crippen LogP contribution >= 0.6 is 0 Å². The van der Waals surface area contributed by atoms with Gasteiger partial charge in [0.15, 0.2) is 0 Å². The maximum atomic E-state index is 11.8. The third kappa shape index (κ3) is 6.24. The van der Waals surface area contributed by atoms with Crippen LogP contribution in [0.25, 0.3) is 0 Å². The van der Waals surface area contributed by atoms with Gasteiger partial charge in [0.2, 0.25) is 0 Å². The fourth-order valence-electron chi connectivity index (χ4n) is 1.25. The van der Waals surface area contributed by atoms with Crippen molar-refractivity contribution in [2.45, 2.75) is 45.8 Å². The third-order valence-electron chi connectivity index (χ3n) is 3.40. The Morgan fingerprint density at radius 2 is 1.74 bits per heavy atom. The van der Waals surface area contributed by atoms with Gasteiger partial charge in [0.25, 0.3) is 0 Å². The molecular weight excluding hydrogens is 263 g/mol. The lowest BCUT2D eigenvalue weighted by Crippen LogP contribution is -2.55. The van der Waals surface area contributed by atoms with Crippen LogP contribution in [-0.2, 0) is 9.53 Å². The molecule has 0 radical (unpaired) electrons. The number of ether oxygens (including phenoxy) is 1. The van der Waals surface area contributed by atoms with Gasteiger partial charge < -0.3 is 15.2 Å². The fraction of sp³-hybridized carbons (Fsp3) is 0.917. The Labute approximate surface area is 111 Å². The van der Waals surface area contributed by atoms with Crippen LogP contribution in [0.4, 0.5) is 13.2 Å². The van der Waals surface area contributed by atoms with E-state index in [0.717, 1.165) is 0 Å². The second-order valence-corrected chi connectivity index (χ2v) is 5.50. The second kappa shape index (κ2) is 6.56. The molecule has 7 heteroatoms. The number of hydrogen-bond donors (Lipinski definition) is 2. The molecule has 0 saturated carbocycles. The van der Waals surface area contributed by atoms with Gasteiger partial charge in [0.05, 0.1) is 5.41 Å². The molecule has 19 heavy (non-hydrogen) atoms. The van der Waals surface area contributed by atoms with Crippen LogP contribution in [0.15, 0.2) is 0 Å². The summed E-state index contributed by atoms with van der Waals surface area (Å²) >= 11 is 0. The first-order chi connectivity index (χ1) is 8.40. The predicted octanol–water partition coefficient (Wildman–Crippen LogP) is 2.43. The van der Waals surface area contributed by atoms with Gasteiger partial charge in [-0.15, -0.1) is 0 Å². The molecule has 0 heterocycles. The molecule has 0 aromatic rings. The van der Waals surface area contributed by atoms with Gasteiger partial charge in [-0.05, 0) is 40.7 Å². The lowest BCUT2D eigenvalue weighted by atomic mass is 9.74. The molecule has 0 atom stereocenters. The predicted molar refractivity (Wildman–Crippen MR) is 65.0 cm³/mol. The van der Waals surface area contributed by atoms with Crippen molar-refractivity contribution in [1.82, 2.24) is 5.32 Å². The largest absolute Gasteiger partial charge is 0.481 e. The Morgan fingerprint density at radius 1 is 1.21 bits per heavy atom. The number of hydrogen-bond acceptors (Lipinski definition) is 3. The average molecular weight is 285 g/mol. The molecule has 0 aliphatic heterocycles. The number of carboxylic acid groups (broad SMARTS) is 1. The highest BCUT2D eigenvalue weighted by atomic mass is 19.4. The van der Waals surface area contributed by atoms with Crippen molar-refractivity contribution in [2.75, 3.05) is 19.8 Å². The highest BCUT2D eigenvalue weighted by Gasteiger charge is 2.42. The summed E-state index contributed by atoms with van der Waals surface area (Å²) in [5.41, 5.74) is -1.66. The number of rotatable bonds is 8. The van der Waals surface area contributed by atoms with Crippen LogP contribution in [0, 0.1) is 5.41 Å². The SMILES string of the molecule is CC(C)(NCCCOCC(F)(F)F)C(C)(C)C(=O)O. The Bertz CT molecular complexity index is 301. The summed E-state index contributed by atoms with van der Waals surface area (Å²) < 4.78 is 39.8. The summed E-state index contributed by atoms with van der Waals surface area (Å²) in [5.74, 6) is -0.932. The number of carbonyl (C=O) groups is 1. The minimum absolute atomic E-state index is 0.0178. The van der Waals surface area contributed by atoms with E-state index in [-0.39, 0.29) is 6.61 Å². The minimum Gasteiger partial charge on any atom is -0.481 e. The van der Waals surface area contributed by atoms with E-state index in [0.29, 0.717) is 13.0 Å². The van der Waals surface area contributed by atoms with Crippen LogP contribution in [0.3, 0.4) is 0 Å². The van der Waals surface area contributed by atoms with Crippen molar-refractivity contribution in [2.24, 2.45) is 5.41 Å². The van der Waals surface area contributed by atoms with Crippen LogP contribution < -0.4 is 5.32 Å². The molecule has 0 spiro atoms.